The highest BCUT2D eigenvalue weighted by Crippen LogP contribution is 2.19. The van der Waals surface area contributed by atoms with Gasteiger partial charge in [0, 0.05) is 19.8 Å². The summed E-state index contributed by atoms with van der Waals surface area (Å²) >= 11 is 8.39. The molecule has 0 saturated carbocycles. The molecular formula is C16H17ClIN2O+. The van der Waals surface area contributed by atoms with Crippen LogP contribution in [0.1, 0.15) is 18.5 Å². The molecule has 2 aromatic rings. The van der Waals surface area contributed by atoms with Crippen molar-refractivity contribution >= 4 is 45.8 Å². The summed E-state index contributed by atoms with van der Waals surface area (Å²) in [6, 6.07) is 15.6. The molecule has 3 N–H and O–H groups in total. The van der Waals surface area contributed by atoms with E-state index in [1.165, 1.54) is 0 Å². The van der Waals surface area contributed by atoms with Gasteiger partial charge >= 0.3 is 0 Å². The summed E-state index contributed by atoms with van der Waals surface area (Å²) < 4.78 is 1.14. The number of benzene rings is 2. The van der Waals surface area contributed by atoms with Gasteiger partial charge in [0.05, 0.1) is 0 Å². The molecule has 1 amide bonds. The number of quaternary nitrogens is 1. The second-order valence-electron chi connectivity index (χ2n) is 4.81. The SMILES string of the molecule is C[C@H]([NH2+]CC(=O)Nc1ccc(I)cc1)c1ccccc1Cl. The van der Waals surface area contributed by atoms with Crippen molar-refractivity contribution < 1.29 is 10.1 Å². The van der Waals surface area contributed by atoms with Crippen molar-refractivity contribution in [1.82, 2.24) is 0 Å². The Labute approximate surface area is 143 Å². The van der Waals surface area contributed by atoms with E-state index in [4.69, 9.17) is 11.6 Å². The molecule has 0 unspecified atom stereocenters. The van der Waals surface area contributed by atoms with Gasteiger partial charge in [-0.2, -0.15) is 0 Å². The van der Waals surface area contributed by atoms with Crippen molar-refractivity contribution in [3.63, 3.8) is 0 Å². The molecule has 0 bridgehead atoms. The fourth-order valence-corrected chi connectivity index (χ4v) is 2.67. The molecule has 0 spiro atoms. The summed E-state index contributed by atoms with van der Waals surface area (Å²) in [5.74, 6) is -0.0184. The molecule has 1 atom stereocenters. The Balaban J connectivity index is 1.86. The van der Waals surface area contributed by atoms with Gasteiger partial charge in [0.15, 0.2) is 6.54 Å². The minimum atomic E-state index is -0.0184. The van der Waals surface area contributed by atoms with Gasteiger partial charge < -0.3 is 10.6 Å². The molecule has 0 radical (unpaired) electrons. The first-order chi connectivity index (χ1) is 10.1. The lowest BCUT2D eigenvalue weighted by Gasteiger charge is -2.12. The summed E-state index contributed by atoms with van der Waals surface area (Å²) in [6.45, 7) is 2.40. The van der Waals surface area contributed by atoms with E-state index in [1.807, 2.05) is 60.8 Å². The number of halogens is 2. The third kappa shape index (κ3) is 4.98. The van der Waals surface area contributed by atoms with Crippen LogP contribution in [0.5, 0.6) is 0 Å². The molecular weight excluding hydrogens is 399 g/mol. The Morgan fingerprint density at radius 3 is 2.57 bits per heavy atom. The van der Waals surface area contributed by atoms with E-state index < -0.39 is 0 Å². The van der Waals surface area contributed by atoms with Crippen molar-refractivity contribution in [2.75, 3.05) is 11.9 Å². The van der Waals surface area contributed by atoms with Crippen LogP contribution in [0.3, 0.4) is 0 Å². The molecule has 0 saturated heterocycles. The number of amides is 1. The average molecular weight is 416 g/mol. The summed E-state index contributed by atoms with van der Waals surface area (Å²) in [4.78, 5) is 11.9. The fraction of sp³-hybridized carbons (Fsp3) is 0.188. The quantitative estimate of drug-likeness (QED) is 0.724. The first kappa shape index (κ1) is 16.3. The lowest BCUT2D eigenvalue weighted by molar-refractivity contribution is -0.682. The van der Waals surface area contributed by atoms with E-state index in [0.717, 1.165) is 19.8 Å². The van der Waals surface area contributed by atoms with Crippen LogP contribution in [0.15, 0.2) is 48.5 Å². The zero-order valence-corrected chi connectivity index (χ0v) is 14.6. The summed E-state index contributed by atoms with van der Waals surface area (Å²) in [7, 11) is 0. The van der Waals surface area contributed by atoms with Gasteiger partial charge in [0.1, 0.15) is 6.04 Å². The highest BCUT2D eigenvalue weighted by atomic mass is 127. The first-order valence-corrected chi connectivity index (χ1v) is 8.15. The molecule has 0 aromatic heterocycles. The van der Waals surface area contributed by atoms with Crippen molar-refractivity contribution in [3.8, 4) is 0 Å². The molecule has 0 aliphatic heterocycles. The maximum absolute atomic E-state index is 11.9. The molecule has 0 aliphatic carbocycles. The third-order valence-electron chi connectivity index (χ3n) is 3.18. The monoisotopic (exact) mass is 415 g/mol. The van der Waals surface area contributed by atoms with E-state index in [-0.39, 0.29) is 11.9 Å². The molecule has 0 aliphatic rings. The second-order valence-corrected chi connectivity index (χ2v) is 6.46. The van der Waals surface area contributed by atoms with E-state index in [2.05, 4.69) is 27.9 Å². The Kier molecular flexibility index (Phi) is 6.02. The maximum Gasteiger partial charge on any atom is 0.279 e. The smallest absolute Gasteiger partial charge is 0.279 e. The molecule has 0 heterocycles. The minimum absolute atomic E-state index is 0.0184. The van der Waals surface area contributed by atoms with Crippen LogP contribution < -0.4 is 10.6 Å². The number of hydrogen-bond acceptors (Lipinski definition) is 1. The van der Waals surface area contributed by atoms with Crippen LogP contribution in [0.25, 0.3) is 0 Å². The minimum Gasteiger partial charge on any atom is -0.332 e. The van der Waals surface area contributed by atoms with Crippen LogP contribution in [0.4, 0.5) is 5.69 Å². The molecule has 3 nitrogen and oxygen atoms in total. The normalized spacial score (nSPS) is 12.0. The molecule has 2 rings (SSSR count). The second kappa shape index (κ2) is 7.77. The van der Waals surface area contributed by atoms with E-state index in [9.17, 15) is 4.79 Å². The van der Waals surface area contributed by atoms with Crippen LogP contribution in [-0.4, -0.2) is 12.5 Å². The molecule has 0 fully saturated rings. The van der Waals surface area contributed by atoms with Gasteiger partial charge in [-0.1, -0.05) is 29.8 Å². The predicted molar refractivity (Wildman–Crippen MR) is 94.4 cm³/mol. The molecule has 2 aromatic carbocycles. The summed E-state index contributed by atoms with van der Waals surface area (Å²) in [5.41, 5.74) is 1.86. The first-order valence-electron chi connectivity index (χ1n) is 6.69. The van der Waals surface area contributed by atoms with Gasteiger partial charge in [-0.15, -0.1) is 0 Å². The largest absolute Gasteiger partial charge is 0.332 e. The lowest BCUT2D eigenvalue weighted by Crippen LogP contribution is -2.86. The number of carbonyl (C=O) groups excluding carboxylic acids is 1. The van der Waals surface area contributed by atoms with Crippen molar-refractivity contribution in [3.05, 3.63) is 62.7 Å². The number of nitrogens with two attached hydrogens (primary N) is 1. The Bertz CT molecular complexity index is 616. The van der Waals surface area contributed by atoms with E-state index >= 15 is 0 Å². The van der Waals surface area contributed by atoms with Gasteiger partial charge in [-0.05, 0) is 59.8 Å². The number of anilines is 1. The molecule has 5 heteroatoms. The van der Waals surface area contributed by atoms with Crippen LogP contribution in [0.2, 0.25) is 5.02 Å². The van der Waals surface area contributed by atoms with Gasteiger partial charge in [0.25, 0.3) is 5.91 Å². The number of nitrogens with one attached hydrogen (secondary N) is 1. The Morgan fingerprint density at radius 1 is 1.24 bits per heavy atom. The average Bonchev–Trinajstić information content (AvgIpc) is 2.48. The van der Waals surface area contributed by atoms with Gasteiger partial charge in [0.2, 0.25) is 0 Å². The Hall–Kier alpha value is -1.11. The number of rotatable bonds is 5. The van der Waals surface area contributed by atoms with Crippen molar-refractivity contribution in [2.45, 2.75) is 13.0 Å². The zero-order valence-electron chi connectivity index (χ0n) is 11.6. The van der Waals surface area contributed by atoms with Crippen LogP contribution >= 0.6 is 34.2 Å². The van der Waals surface area contributed by atoms with Crippen molar-refractivity contribution in [2.24, 2.45) is 0 Å². The van der Waals surface area contributed by atoms with Crippen LogP contribution in [-0.2, 0) is 4.79 Å². The lowest BCUT2D eigenvalue weighted by atomic mass is 10.1. The number of carbonyl (C=O) groups is 1. The van der Waals surface area contributed by atoms with E-state index in [1.54, 1.807) is 0 Å². The summed E-state index contributed by atoms with van der Waals surface area (Å²) in [6.07, 6.45) is 0. The Morgan fingerprint density at radius 2 is 1.90 bits per heavy atom. The highest BCUT2D eigenvalue weighted by molar-refractivity contribution is 14.1. The standard InChI is InChI=1S/C16H16ClIN2O/c1-11(14-4-2-3-5-15(14)17)19-10-16(21)20-13-8-6-12(18)7-9-13/h2-9,11,19H,10H2,1H3,(H,20,21)/p+1/t11-/m0/s1. The van der Waals surface area contributed by atoms with E-state index in [0.29, 0.717) is 6.54 Å². The number of hydrogen-bond donors (Lipinski definition) is 2. The topological polar surface area (TPSA) is 45.7 Å². The fourth-order valence-electron chi connectivity index (χ4n) is 2.00. The zero-order chi connectivity index (χ0) is 15.2. The maximum atomic E-state index is 11.9. The third-order valence-corrected chi connectivity index (χ3v) is 4.24. The summed E-state index contributed by atoms with van der Waals surface area (Å²) in [5, 5.41) is 5.59. The highest BCUT2D eigenvalue weighted by Gasteiger charge is 2.14. The van der Waals surface area contributed by atoms with Gasteiger partial charge in [-0.25, -0.2) is 0 Å². The van der Waals surface area contributed by atoms with Gasteiger partial charge in [-0.3, -0.25) is 4.79 Å². The van der Waals surface area contributed by atoms with Crippen molar-refractivity contribution in [1.29, 1.82) is 0 Å². The molecule has 21 heavy (non-hydrogen) atoms. The molecule has 110 valence electrons. The predicted octanol–water partition coefficient (Wildman–Crippen LogP) is 3.21. The van der Waals surface area contributed by atoms with Crippen LogP contribution in [0, 0.1) is 3.57 Å².